The lowest BCUT2D eigenvalue weighted by atomic mass is 9.84. The molecule has 0 spiro atoms. The zero-order valence-electron chi connectivity index (χ0n) is 52.0. The molecule has 2 aromatic heterocycles. The van der Waals surface area contributed by atoms with Crippen LogP contribution in [0.1, 0.15) is 89.7 Å². The first kappa shape index (κ1) is 58.2. The highest BCUT2D eigenvalue weighted by Crippen LogP contribution is 2.42. The van der Waals surface area contributed by atoms with Gasteiger partial charge >= 0.3 is 0 Å². The molecule has 0 amide bonds. The molecule has 14 aromatic rings. The molecule has 0 N–H and O–H groups in total. The lowest BCUT2D eigenvalue weighted by molar-refractivity contribution is 0.414. The Morgan fingerprint density at radius 1 is 0.272 bits per heavy atom. The van der Waals surface area contributed by atoms with E-state index in [9.17, 15) is 0 Å². The van der Waals surface area contributed by atoms with Crippen molar-refractivity contribution in [3.05, 3.63) is 333 Å². The van der Waals surface area contributed by atoms with Crippen LogP contribution < -0.4 is 18.9 Å². The second-order valence-corrected chi connectivity index (χ2v) is 26.2. The van der Waals surface area contributed by atoms with Crippen LogP contribution in [-0.2, 0) is 25.7 Å². The van der Waals surface area contributed by atoms with Gasteiger partial charge in [0.25, 0.3) is 0 Å². The molecule has 0 radical (unpaired) electrons. The summed E-state index contributed by atoms with van der Waals surface area (Å²) in [4.78, 5) is 0. The van der Waals surface area contributed by atoms with Crippen LogP contribution >= 0.6 is 22.7 Å². The summed E-state index contributed by atoms with van der Waals surface area (Å²) >= 11 is 3.73. The van der Waals surface area contributed by atoms with E-state index in [-0.39, 0.29) is 11.8 Å². The SMILES string of the molecule is COc1ccc(C(c2ccc(OC)cc2)c2ccc(-c3ccc4sc5ccc(/C=C/c6cc7ccc6CCc6ccc(c(/C=C/c8ccc9sc%10ccc(-c%11ccc(C(c%12ccc(OC)cc%12)c%12ccc(OC)cc%12)cc%11)cc%10c9c8)c6)CC7)cc5c4c3)cc2)cc1. The molecule has 2 heterocycles. The van der Waals surface area contributed by atoms with E-state index < -0.39 is 0 Å². The number of hydrogen-bond acceptors (Lipinski definition) is 6. The molecule has 0 saturated heterocycles. The van der Waals surface area contributed by atoms with Crippen molar-refractivity contribution >= 4 is 87.3 Å². The molecule has 0 unspecified atom stereocenters. The van der Waals surface area contributed by atoms with E-state index in [1.165, 1.54) is 140 Å². The number of thiophene rings is 2. The molecule has 4 bridgehead atoms. The second-order valence-electron chi connectivity index (χ2n) is 24.1. The molecule has 0 aliphatic heterocycles. The largest absolute Gasteiger partial charge is 0.497 e. The fourth-order valence-corrected chi connectivity index (χ4v) is 15.7. The first-order chi connectivity index (χ1) is 45.3. The fourth-order valence-electron chi connectivity index (χ4n) is 13.5. The Morgan fingerprint density at radius 2 is 0.565 bits per heavy atom. The third-order valence-electron chi connectivity index (χ3n) is 18.6. The highest BCUT2D eigenvalue weighted by atomic mass is 32.1. The van der Waals surface area contributed by atoms with Gasteiger partial charge in [-0.3, -0.25) is 0 Å². The fraction of sp³-hybridized carbons (Fsp3) is 0.116. The molecule has 0 atom stereocenters. The summed E-state index contributed by atoms with van der Waals surface area (Å²) in [5, 5.41) is 5.18. The van der Waals surface area contributed by atoms with E-state index in [0.29, 0.717) is 0 Å². The highest BCUT2D eigenvalue weighted by molar-refractivity contribution is 7.26. The van der Waals surface area contributed by atoms with Gasteiger partial charge in [-0.05, 0) is 223 Å². The van der Waals surface area contributed by atoms with Crippen LogP contribution in [0, 0.1) is 0 Å². The standard InChI is InChI=1S/C86H68O4S2/c1-87-73-37-27-65(28-38-73)85(66-29-39-74(88-2)40-30-66)63-23-19-61(20-24-63)71-35-47-83-79(53-71)77-51-57(11-45-81(77)91-83)9-17-69-49-55-5-13-59(69)15-7-56-6-14-60(16-8-55)70(50-56)18-10-58-12-46-82-78(52-58)80-54-72(36-48-84(80)92-82)62-21-25-64(26-22-62)86(67-31-41-75(89-3)42-32-67)68-33-43-76(90-4)44-34-68/h5-6,9-14,17-54,85-86H,7-8,15-16H2,1-4H3/b17-9+,18-10+. The van der Waals surface area contributed by atoms with Gasteiger partial charge in [0.15, 0.2) is 0 Å². The average Bonchev–Trinajstić information content (AvgIpc) is 1.62. The van der Waals surface area contributed by atoms with Crippen LogP contribution in [-0.4, -0.2) is 28.4 Å². The van der Waals surface area contributed by atoms with E-state index in [2.05, 4.69) is 231 Å². The van der Waals surface area contributed by atoms with Gasteiger partial charge in [0.1, 0.15) is 23.0 Å². The molecule has 0 fully saturated rings. The van der Waals surface area contributed by atoms with Crippen LogP contribution in [0.4, 0.5) is 0 Å². The Kier molecular flexibility index (Phi) is 16.2. The van der Waals surface area contributed by atoms with Crippen molar-refractivity contribution in [2.45, 2.75) is 37.5 Å². The third kappa shape index (κ3) is 11.9. The summed E-state index contributed by atoms with van der Waals surface area (Å²) in [6.07, 6.45) is 13.2. The number of benzene rings is 12. The zero-order chi connectivity index (χ0) is 62.1. The normalized spacial score (nSPS) is 12.5. The molecule has 18 rings (SSSR count). The Labute approximate surface area is 546 Å². The molecule has 4 nitrogen and oxygen atoms in total. The van der Waals surface area contributed by atoms with Crippen LogP contribution in [0.15, 0.2) is 255 Å². The molecule has 6 heteroatoms. The van der Waals surface area contributed by atoms with Crippen LogP contribution in [0.25, 0.3) is 86.9 Å². The maximum atomic E-state index is 5.51. The molecule has 4 aliphatic carbocycles. The van der Waals surface area contributed by atoms with Gasteiger partial charge in [0.05, 0.1) is 28.4 Å². The van der Waals surface area contributed by atoms with Gasteiger partial charge in [-0.2, -0.15) is 0 Å². The minimum Gasteiger partial charge on any atom is -0.497 e. The van der Waals surface area contributed by atoms with Crippen LogP contribution in [0.2, 0.25) is 0 Å². The van der Waals surface area contributed by atoms with Gasteiger partial charge in [-0.15, -0.1) is 22.7 Å². The summed E-state index contributed by atoms with van der Waals surface area (Å²) in [7, 11) is 6.84. The summed E-state index contributed by atoms with van der Waals surface area (Å²) in [5.41, 5.74) is 22.6. The minimum absolute atomic E-state index is 0.0564. The predicted octanol–water partition coefficient (Wildman–Crippen LogP) is 22.4. The number of fused-ring (bicyclic) bond motifs is 6. The number of hydrogen-bond donors (Lipinski definition) is 0. The summed E-state index contributed by atoms with van der Waals surface area (Å²) in [6, 6.07) is 94.0. The Balaban J connectivity index is 0.645. The molecule has 12 aromatic carbocycles. The van der Waals surface area contributed by atoms with Gasteiger partial charge in [-0.25, -0.2) is 0 Å². The highest BCUT2D eigenvalue weighted by Gasteiger charge is 2.21. The van der Waals surface area contributed by atoms with Gasteiger partial charge in [0, 0.05) is 52.2 Å². The van der Waals surface area contributed by atoms with Crippen LogP contribution in [0.5, 0.6) is 23.0 Å². The minimum atomic E-state index is 0.0564. The van der Waals surface area contributed by atoms with E-state index >= 15 is 0 Å². The van der Waals surface area contributed by atoms with E-state index in [4.69, 9.17) is 18.9 Å². The summed E-state index contributed by atoms with van der Waals surface area (Å²) < 4.78 is 27.2. The number of rotatable bonds is 16. The first-order valence-corrected chi connectivity index (χ1v) is 33.2. The van der Waals surface area contributed by atoms with E-state index in [0.717, 1.165) is 48.7 Å². The van der Waals surface area contributed by atoms with Crippen molar-refractivity contribution in [3.63, 3.8) is 0 Å². The molecule has 92 heavy (non-hydrogen) atoms. The molecular formula is C86H68O4S2. The summed E-state index contributed by atoms with van der Waals surface area (Å²) in [5.74, 6) is 3.50. The first-order valence-electron chi connectivity index (χ1n) is 31.6. The average molecular weight is 1230 g/mol. The lowest BCUT2D eigenvalue weighted by Gasteiger charge is -2.20. The quantitative estimate of drug-likeness (QED) is 0.0714. The van der Waals surface area contributed by atoms with Crippen molar-refractivity contribution < 1.29 is 18.9 Å². The molecule has 4 aliphatic rings. The maximum Gasteiger partial charge on any atom is 0.118 e. The number of aryl methyl sites for hydroxylation is 4. The zero-order valence-corrected chi connectivity index (χ0v) is 53.6. The Bertz CT molecular complexity index is 4640. The monoisotopic (exact) mass is 1230 g/mol. The lowest BCUT2D eigenvalue weighted by Crippen LogP contribution is -2.03. The van der Waals surface area contributed by atoms with Crippen molar-refractivity contribution in [2.75, 3.05) is 28.4 Å². The van der Waals surface area contributed by atoms with Crippen LogP contribution in [0.3, 0.4) is 0 Å². The molecule has 448 valence electrons. The van der Waals surface area contributed by atoms with Crippen molar-refractivity contribution in [1.82, 2.24) is 0 Å². The topological polar surface area (TPSA) is 36.9 Å². The van der Waals surface area contributed by atoms with Gasteiger partial charge in [-0.1, -0.05) is 182 Å². The van der Waals surface area contributed by atoms with E-state index in [1.54, 1.807) is 28.4 Å². The Morgan fingerprint density at radius 3 is 0.891 bits per heavy atom. The molecule has 0 saturated carbocycles. The summed E-state index contributed by atoms with van der Waals surface area (Å²) in [6.45, 7) is 0. The van der Waals surface area contributed by atoms with Crippen molar-refractivity contribution in [1.29, 1.82) is 0 Å². The third-order valence-corrected chi connectivity index (χ3v) is 20.9. The maximum absolute atomic E-state index is 5.51. The molecular weight excluding hydrogens is 1160 g/mol. The van der Waals surface area contributed by atoms with Gasteiger partial charge < -0.3 is 18.9 Å². The second kappa shape index (κ2) is 25.6. The Hall–Kier alpha value is -10.2. The van der Waals surface area contributed by atoms with Crippen molar-refractivity contribution in [2.24, 2.45) is 0 Å². The number of methoxy groups -OCH3 is 4. The number of ether oxygens (including phenoxy) is 4. The van der Waals surface area contributed by atoms with Crippen molar-refractivity contribution in [3.8, 4) is 45.3 Å². The van der Waals surface area contributed by atoms with E-state index in [1.807, 2.05) is 71.2 Å². The van der Waals surface area contributed by atoms with Gasteiger partial charge in [0.2, 0.25) is 0 Å². The smallest absolute Gasteiger partial charge is 0.118 e. The predicted molar refractivity (Wildman–Crippen MR) is 389 cm³/mol.